The number of aliphatic hydroxyl groups excluding tert-OH is 3. The number of nitro benzene ring substituents is 1. The summed E-state index contributed by atoms with van der Waals surface area (Å²) in [6.07, 6.45) is -20.7. The normalized spacial score (nSPS) is 26.7. The molecular weight excluding hydrogens is 1390 g/mol. The molecule has 3 aliphatic heterocycles. The van der Waals surface area contributed by atoms with Crippen LogP contribution in [0, 0.1) is 15.5 Å². The number of nitrogens with zero attached hydrogens (tertiary/aromatic N) is 12. The average molecular weight is 1440 g/mol. The molecule has 0 radical (unpaired) electrons. The summed E-state index contributed by atoms with van der Waals surface area (Å²) in [5.74, 6) is -1.94. The molecule has 9 heterocycles. The molecule has 42 nitrogen and oxygen atoms in total. The van der Waals surface area contributed by atoms with Gasteiger partial charge in [0.25, 0.3) is 48.5 Å². The second kappa shape index (κ2) is 31.5. The fraction of sp³-hybridized carbons (Fsp3) is 0.512. The number of phosphoric acid groups is 4. The van der Waals surface area contributed by atoms with E-state index in [1.165, 1.54) is 42.2 Å². The summed E-state index contributed by atoms with van der Waals surface area (Å²) in [5.41, 5.74) is 14.3. The Morgan fingerprint density at radius 3 is 1.99 bits per heavy atom. The molecule has 1 aromatic carbocycles. The number of fused-ring (bicyclic) bond motifs is 3. The number of benzene rings is 1. The fourth-order valence-electron chi connectivity index (χ4n) is 9.98. The zero-order valence-corrected chi connectivity index (χ0v) is 62.0. The molecule has 17 atom stereocenters. The van der Waals surface area contributed by atoms with Crippen LogP contribution in [-0.4, -0.2) is 155 Å². The van der Waals surface area contributed by atoms with Crippen LogP contribution in [-0.2, 0) is 75.7 Å². The van der Waals surface area contributed by atoms with Crippen LogP contribution in [0.5, 0.6) is 5.88 Å². The molecule has 7 aromatic rings. The number of aliphatic hydroxyl groups is 3. The zero-order valence-electron chi connectivity index (χ0n) is 50.4. The van der Waals surface area contributed by atoms with Gasteiger partial charge in [-0.2, -0.15) is 4.98 Å². The van der Waals surface area contributed by atoms with Crippen LogP contribution in [0.1, 0.15) is 51.1 Å². The first kappa shape index (κ1) is 80.4. The number of para-hydroxylation sites is 1. The maximum atomic E-state index is 16.7. The number of anilines is 3. The molecule has 0 bridgehead atoms. The van der Waals surface area contributed by atoms with Crippen LogP contribution in [0.4, 0.5) is 27.8 Å². The Morgan fingerprint density at radius 2 is 1.35 bits per heavy atom. The minimum atomic E-state index is -6.74. The average Bonchev–Trinajstić information content (AvgIpc) is 1.61. The van der Waals surface area contributed by atoms with Gasteiger partial charge in [-0.3, -0.25) is 51.9 Å². The number of phosphoric ester groups is 3. The number of H-pyrrole nitrogens is 1. The van der Waals surface area contributed by atoms with Crippen molar-refractivity contribution in [2.45, 2.75) is 101 Å². The number of nitrogen functional groups attached to an aromatic ring is 3. The SMILES string of the molecule is Cn1c[n+]([C@@H]2O[C@H](COP(=O)([O-])OP(=O)([O-])OP(=O)([O-])OC[C@H]3O[C@@H](n4cnc5c(N)ncnc54)[C@@H](F)C3OP(=O)([O-])OC[C@H]3O[C@@H](n4cnc5c(=O)[nH]c(N)nc54)[C@@H](O)C3O)[C@H](O)C2OCOC(c2ccccc2[N+](=O)[O-])C(C)(C)C)c2nc(N)nc([O-])c21.[Na+].[Na+].[Na+].[Na+]. The molecule has 3 fully saturated rings. The Morgan fingerprint density at radius 1 is 0.766 bits per heavy atom. The van der Waals surface area contributed by atoms with E-state index in [-0.39, 0.29) is 175 Å². The van der Waals surface area contributed by atoms with Gasteiger partial charge in [0, 0.05) is 11.9 Å². The van der Waals surface area contributed by atoms with Crippen LogP contribution >= 0.6 is 31.3 Å². The molecule has 0 amide bonds. The zero-order chi connectivity index (χ0) is 65.3. The van der Waals surface area contributed by atoms with Crippen molar-refractivity contribution in [3.63, 3.8) is 0 Å². The van der Waals surface area contributed by atoms with Crippen LogP contribution in [0.15, 0.2) is 54.4 Å². The van der Waals surface area contributed by atoms with E-state index in [9.17, 15) is 73.2 Å². The van der Waals surface area contributed by atoms with E-state index >= 15 is 4.39 Å². The summed E-state index contributed by atoms with van der Waals surface area (Å²) in [7, 11) is -24.1. The molecular formula is C43H51FN16Na4O26P4. The van der Waals surface area contributed by atoms with Gasteiger partial charge in [-0.1, -0.05) is 37.9 Å². The molecule has 490 valence electrons. The van der Waals surface area contributed by atoms with Gasteiger partial charge in [0.15, 0.2) is 53.1 Å². The van der Waals surface area contributed by atoms with Crippen molar-refractivity contribution in [1.29, 1.82) is 0 Å². The number of aryl methyl sites for hydroxylation is 1. The Kier molecular flexibility index (Phi) is 27.0. The van der Waals surface area contributed by atoms with Crippen molar-refractivity contribution in [3.8, 4) is 5.88 Å². The molecule has 3 saturated heterocycles. The number of hydrogen-bond donors (Lipinski definition) is 7. The van der Waals surface area contributed by atoms with Crippen LogP contribution < -0.4 is 170 Å². The number of aromatic nitrogens is 12. The first-order chi connectivity index (χ1) is 42.1. The molecule has 3 aliphatic rings. The van der Waals surface area contributed by atoms with Gasteiger partial charge in [0.2, 0.25) is 12.2 Å². The van der Waals surface area contributed by atoms with Gasteiger partial charge in [-0.15, -0.1) is 0 Å². The number of rotatable bonds is 24. The number of nitrogens with two attached hydrogens (primary N) is 3. The van der Waals surface area contributed by atoms with Gasteiger partial charge >= 0.3 is 124 Å². The van der Waals surface area contributed by atoms with E-state index < -0.39 is 165 Å². The molecule has 51 heteroatoms. The van der Waals surface area contributed by atoms with Crippen LogP contribution in [0.25, 0.3) is 33.5 Å². The van der Waals surface area contributed by atoms with Crippen molar-refractivity contribution in [3.05, 3.63) is 75.6 Å². The first-order valence-electron chi connectivity index (χ1n) is 25.9. The van der Waals surface area contributed by atoms with Crippen molar-refractivity contribution in [2.75, 3.05) is 43.8 Å². The molecule has 6 aromatic heterocycles. The Bertz CT molecular complexity index is 4150. The quantitative estimate of drug-likeness (QED) is 0.00738. The molecule has 10 N–H and O–H groups in total. The third kappa shape index (κ3) is 17.6. The summed E-state index contributed by atoms with van der Waals surface area (Å²) in [6.45, 7) is 0.244. The smallest absolute Gasteiger partial charge is 0.856 e. The van der Waals surface area contributed by atoms with Gasteiger partial charge in [0.1, 0.15) is 67.5 Å². The standard InChI is InChI=1S/C43H55FN16O26P4.4Na/c1-43(2,3)31(17-7-5-6-8-18(17)60(66)67)77-16-76-30-27(62)20(82-40(30)59-15-56(4)25-35(59)53-42(47)55-37(25)65)10-79-88(70,71)85-90(74,75)86-89(72,73)80-11-21-29(22(44)38(83-21)57-13-50-23-32(45)48-12-49-33(23)57)84-87(68,69)78-9-19-26(61)28(63)39(81-19)58-14-51-24-34(58)52-41(46)54-36(24)64;;;;/h5-8,12-15,19-22,26-31,38-40,61-63H,9-11,16H2,1-4H3,(H11-,45,46,47,48,49,52,53,54,55,64,65,68,69,70,71,72,73,74,75);;;;/q;4*+1/p-4/t19-,20-,21-,22+,26?,27+,28+,29?,30?,31?,38-,39-,40-;;;;/m1..../s1. The Hall–Kier alpha value is -2.60. The number of alkyl halides is 1. The van der Waals surface area contributed by atoms with Crippen LogP contribution in [0.2, 0.25) is 0 Å². The topological polar surface area (TPSA) is 609 Å². The Balaban J connectivity index is 0.00000350. The minimum Gasteiger partial charge on any atom is -0.856 e. The van der Waals surface area contributed by atoms with Crippen molar-refractivity contribution < 1.29 is 241 Å². The minimum absolute atomic E-state index is 0. The largest absolute Gasteiger partial charge is 1.00 e. The van der Waals surface area contributed by atoms with E-state index in [1.807, 2.05) is 0 Å². The summed E-state index contributed by atoms with van der Waals surface area (Å²) in [4.78, 5) is 106. The summed E-state index contributed by atoms with van der Waals surface area (Å²) in [6, 6.07) is 5.68. The van der Waals surface area contributed by atoms with Gasteiger partial charge in [-0.25, -0.2) is 42.5 Å². The number of hydrogen-bond acceptors (Lipinski definition) is 36. The van der Waals surface area contributed by atoms with E-state index in [1.54, 1.807) is 20.8 Å². The molecule has 94 heavy (non-hydrogen) atoms. The predicted molar refractivity (Wildman–Crippen MR) is 281 cm³/mol. The maximum absolute atomic E-state index is 16.7. The number of ether oxygens (including phenoxy) is 5. The fourth-order valence-corrected chi connectivity index (χ4v) is 14.3. The third-order valence-corrected chi connectivity index (χ3v) is 19.0. The van der Waals surface area contributed by atoms with E-state index in [2.05, 4.69) is 53.0 Å². The second-order valence-corrected chi connectivity index (χ2v) is 26.9. The molecule has 0 aliphatic carbocycles. The summed E-state index contributed by atoms with van der Waals surface area (Å²) in [5, 5.41) is 58.2. The number of nitrogens with one attached hydrogen (secondary N) is 1. The summed E-state index contributed by atoms with van der Waals surface area (Å²) >= 11 is 0. The van der Waals surface area contributed by atoms with Crippen molar-refractivity contribution >= 4 is 88.2 Å². The monoisotopic (exact) mass is 1440 g/mol. The van der Waals surface area contributed by atoms with E-state index in [4.69, 9.17) is 54.5 Å². The van der Waals surface area contributed by atoms with E-state index in [0.29, 0.717) is 0 Å². The van der Waals surface area contributed by atoms with Crippen LogP contribution in [0.3, 0.4) is 0 Å². The number of halogens is 1. The van der Waals surface area contributed by atoms with Gasteiger partial charge in [-0.05, 0) is 11.5 Å². The molecule has 0 spiro atoms. The third-order valence-electron chi connectivity index (χ3n) is 13.9. The van der Waals surface area contributed by atoms with Gasteiger partial charge < -0.3 is 99.0 Å². The molecule has 10 rings (SSSR count). The number of nitro groups is 1. The molecule has 8 unspecified atom stereocenters. The van der Waals surface area contributed by atoms with Crippen molar-refractivity contribution in [1.82, 2.24) is 53.6 Å². The van der Waals surface area contributed by atoms with E-state index in [0.717, 1.165) is 32.7 Å². The number of imidazole rings is 3. The van der Waals surface area contributed by atoms with Gasteiger partial charge in [0.05, 0.1) is 56.1 Å². The maximum Gasteiger partial charge on any atom is 1.00 e. The number of aromatic amines is 1. The summed E-state index contributed by atoms with van der Waals surface area (Å²) < 4.78 is 130. The first-order valence-corrected chi connectivity index (χ1v) is 31.7. The predicted octanol–water partition coefficient (Wildman–Crippen LogP) is -15.4. The second-order valence-electron chi connectivity index (χ2n) is 21.0. The Labute approximate surface area is 615 Å². The molecule has 0 saturated carbocycles. The van der Waals surface area contributed by atoms with Crippen molar-refractivity contribution in [2.24, 2.45) is 12.5 Å².